The number of halogens is 6. The summed E-state index contributed by atoms with van der Waals surface area (Å²) < 4.78 is 89.2. The molecule has 11 nitrogen and oxygen atoms in total. The molecular weight excluding hydrogens is 540 g/mol. The summed E-state index contributed by atoms with van der Waals surface area (Å²) in [6.45, 7) is 2.70. The van der Waals surface area contributed by atoms with Crippen molar-refractivity contribution in [1.29, 1.82) is 0 Å². The van der Waals surface area contributed by atoms with Gasteiger partial charge in [0.15, 0.2) is 5.92 Å². The van der Waals surface area contributed by atoms with Gasteiger partial charge in [-0.15, -0.1) is 0 Å². The molecule has 2 aliphatic rings. The van der Waals surface area contributed by atoms with Crippen molar-refractivity contribution in [3.8, 4) is 0 Å². The lowest BCUT2D eigenvalue weighted by atomic mass is 9.95. The monoisotopic (exact) mass is 571 g/mol. The Bertz CT molecular complexity index is 958. The zero-order valence-electron chi connectivity index (χ0n) is 21.3. The van der Waals surface area contributed by atoms with E-state index in [1.165, 1.54) is 7.11 Å². The van der Waals surface area contributed by atoms with Gasteiger partial charge in [0, 0.05) is 58.3 Å². The number of nitrogens with one attached hydrogen (secondary N) is 3. The van der Waals surface area contributed by atoms with Gasteiger partial charge in [0.2, 0.25) is 17.8 Å². The fourth-order valence-corrected chi connectivity index (χ4v) is 4.23. The zero-order chi connectivity index (χ0) is 28.8. The van der Waals surface area contributed by atoms with Crippen molar-refractivity contribution < 1.29 is 45.4 Å². The molecule has 2 aliphatic heterocycles. The lowest BCUT2D eigenvalue weighted by Crippen LogP contribution is -2.66. The molecule has 1 aromatic heterocycles. The number of alkyl halides is 6. The first-order valence-electron chi connectivity index (χ1n) is 12.2. The number of ether oxygens (including phenoxy) is 2. The summed E-state index contributed by atoms with van der Waals surface area (Å²) >= 11 is 0. The number of carbonyl (C=O) groups excluding carboxylic acids is 2. The fourth-order valence-electron chi connectivity index (χ4n) is 4.23. The van der Waals surface area contributed by atoms with Gasteiger partial charge in [0.1, 0.15) is 0 Å². The molecule has 2 saturated heterocycles. The second-order valence-electron chi connectivity index (χ2n) is 9.17. The predicted octanol–water partition coefficient (Wildman–Crippen LogP) is 0.725. The minimum Gasteiger partial charge on any atom is -0.380 e. The molecule has 39 heavy (non-hydrogen) atoms. The minimum atomic E-state index is -4.75. The third-order valence-corrected chi connectivity index (χ3v) is 6.58. The molecule has 0 radical (unpaired) electrons. The molecule has 0 aliphatic carbocycles. The standard InChI is InChI=1S/C22H31F6N7O4/c1-13(38-2)16(32-15-11-31-33-19(37)18(15)22(26,27)28)12-39-8-3-17(36)34-4-6-35(7-5-34)20-29-9-14(10-30-20)21(23,24)25/h9-10,13,15-16,18,31-32H,3-8,11-12H2,1-2H3,(H,33,37)/t13?,15?,16-,18?/m1/s1. The van der Waals surface area contributed by atoms with E-state index in [1.54, 1.807) is 16.7 Å². The van der Waals surface area contributed by atoms with Crippen LogP contribution >= 0.6 is 0 Å². The van der Waals surface area contributed by atoms with Crippen LogP contribution in [0.3, 0.4) is 0 Å². The lowest BCUT2D eigenvalue weighted by molar-refractivity contribution is -0.194. The summed E-state index contributed by atoms with van der Waals surface area (Å²) in [5.74, 6) is -3.51. The molecular formula is C22H31F6N7O4. The fraction of sp³-hybridized carbons (Fsp3) is 0.727. The van der Waals surface area contributed by atoms with Gasteiger partial charge in [-0.1, -0.05) is 0 Å². The summed E-state index contributed by atoms with van der Waals surface area (Å²) in [6.07, 6.45) is -8.39. The molecule has 3 unspecified atom stereocenters. The highest BCUT2D eigenvalue weighted by Gasteiger charge is 2.51. The number of nitrogens with zero attached hydrogens (tertiary/aromatic N) is 4. The van der Waals surface area contributed by atoms with E-state index in [2.05, 4.69) is 20.7 Å². The Morgan fingerprint density at radius 1 is 1.15 bits per heavy atom. The SMILES string of the molecule is COC(C)[C@@H](COCCC(=O)N1CCN(c2ncc(C(F)(F)F)cn2)CC1)NC1CNNC(=O)C1C(F)(F)F. The Balaban J connectivity index is 1.44. The van der Waals surface area contributed by atoms with Crippen LogP contribution in [0, 0.1) is 5.92 Å². The molecule has 220 valence electrons. The van der Waals surface area contributed by atoms with E-state index in [-0.39, 0.29) is 38.0 Å². The first kappa shape index (κ1) is 30.8. The molecule has 0 aromatic carbocycles. The van der Waals surface area contributed by atoms with Crippen LogP contribution in [0.25, 0.3) is 0 Å². The van der Waals surface area contributed by atoms with E-state index in [0.717, 1.165) is 0 Å². The van der Waals surface area contributed by atoms with E-state index in [1.807, 2.05) is 5.43 Å². The zero-order valence-corrected chi connectivity index (χ0v) is 21.3. The molecule has 0 bridgehead atoms. The molecule has 2 fully saturated rings. The number of hydrogen-bond acceptors (Lipinski definition) is 9. The van der Waals surface area contributed by atoms with Crippen molar-refractivity contribution in [3.05, 3.63) is 18.0 Å². The Labute approximate surface area is 220 Å². The van der Waals surface area contributed by atoms with Crippen molar-refractivity contribution in [2.24, 2.45) is 5.92 Å². The molecule has 3 N–H and O–H groups in total. The number of hydrazine groups is 1. The van der Waals surface area contributed by atoms with Crippen LogP contribution in [0.2, 0.25) is 0 Å². The normalized spacial score (nSPS) is 22.4. The number of hydrogen-bond donors (Lipinski definition) is 3. The van der Waals surface area contributed by atoms with Gasteiger partial charge in [-0.05, 0) is 6.92 Å². The largest absolute Gasteiger partial charge is 0.419 e. The Morgan fingerprint density at radius 2 is 1.79 bits per heavy atom. The van der Waals surface area contributed by atoms with Crippen molar-refractivity contribution in [1.82, 2.24) is 31.0 Å². The average molecular weight is 572 g/mol. The van der Waals surface area contributed by atoms with Crippen molar-refractivity contribution in [3.63, 3.8) is 0 Å². The number of piperazine rings is 1. The summed E-state index contributed by atoms with van der Waals surface area (Å²) in [5.41, 5.74) is 3.49. The van der Waals surface area contributed by atoms with Crippen LogP contribution in [0.1, 0.15) is 18.9 Å². The maximum absolute atomic E-state index is 13.4. The van der Waals surface area contributed by atoms with Gasteiger partial charge in [0.25, 0.3) is 0 Å². The molecule has 17 heteroatoms. The van der Waals surface area contributed by atoms with Crippen LogP contribution in [-0.4, -0.2) is 104 Å². The van der Waals surface area contributed by atoms with Crippen LogP contribution in [0.5, 0.6) is 0 Å². The lowest BCUT2D eigenvalue weighted by Gasteiger charge is -2.37. The maximum Gasteiger partial charge on any atom is 0.419 e. The first-order valence-corrected chi connectivity index (χ1v) is 12.2. The predicted molar refractivity (Wildman–Crippen MR) is 124 cm³/mol. The number of amides is 2. The van der Waals surface area contributed by atoms with Crippen LogP contribution in [0.4, 0.5) is 32.3 Å². The Morgan fingerprint density at radius 3 is 2.36 bits per heavy atom. The van der Waals surface area contributed by atoms with Crippen LogP contribution in [-0.2, 0) is 25.2 Å². The number of methoxy groups -OCH3 is 1. The van der Waals surface area contributed by atoms with E-state index >= 15 is 0 Å². The summed E-state index contributed by atoms with van der Waals surface area (Å²) in [5, 5.41) is 2.81. The highest BCUT2D eigenvalue weighted by molar-refractivity contribution is 5.80. The van der Waals surface area contributed by atoms with Gasteiger partial charge >= 0.3 is 12.4 Å². The van der Waals surface area contributed by atoms with Crippen molar-refractivity contribution >= 4 is 17.8 Å². The Hall–Kier alpha value is -2.76. The minimum absolute atomic E-state index is 0.00177. The topological polar surface area (TPSA) is 121 Å². The molecule has 0 saturated carbocycles. The maximum atomic E-state index is 13.4. The molecule has 4 atom stereocenters. The van der Waals surface area contributed by atoms with Crippen molar-refractivity contribution in [2.75, 3.05) is 57.9 Å². The van der Waals surface area contributed by atoms with Gasteiger partial charge in [0.05, 0.1) is 37.3 Å². The molecule has 2 amide bonds. The van der Waals surface area contributed by atoms with Crippen molar-refractivity contribution in [2.45, 2.75) is 43.9 Å². The Kier molecular flexibility index (Phi) is 10.3. The third-order valence-electron chi connectivity index (χ3n) is 6.58. The third kappa shape index (κ3) is 8.36. The summed E-state index contributed by atoms with van der Waals surface area (Å²) in [7, 11) is 1.39. The van der Waals surface area contributed by atoms with Gasteiger partial charge < -0.3 is 24.6 Å². The molecule has 3 rings (SSSR count). The van der Waals surface area contributed by atoms with Gasteiger partial charge in [-0.2, -0.15) is 26.3 Å². The number of aromatic nitrogens is 2. The first-order chi connectivity index (χ1) is 18.3. The number of anilines is 1. The molecule has 0 spiro atoms. The second-order valence-corrected chi connectivity index (χ2v) is 9.17. The molecule has 3 heterocycles. The van der Waals surface area contributed by atoms with E-state index < -0.39 is 47.9 Å². The smallest absolute Gasteiger partial charge is 0.380 e. The van der Waals surface area contributed by atoms with E-state index in [9.17, 15) is 35.9 Å². The quantitative estimate of drug-likeness (QED) is 0.276. The number of carbonyl (C=O) groups is 2. The van der Waals surface area contributed by atoms with E-state index in [0.29, 0.717) is 38.6 Å². The van der Waals surface area contributed by atoms with Crippen LogP contribution < -0.4 is 21.1 Å². The average Bonchev–Trinajstić information content (AvgIpc) is 2.88. The van der Waals surface area contributed by atoms with Gasteiger partial charge in [-0.25, -0.2) is 15.4 Å². The van der Waals surface area contributed by atoms with Crippen LogP contribution in [0.15, 0.2) is 12.4 Å². The second kappa shape index (κ2) is 13.1. The number of rotatable bonds is 10. The van der Waals surface area contributed by atoms with Gasteiger partial charge in [-0.3, -0.25) is 15.0 Å². The summed E-state index contributed by atoms with van der Waals surface area (Å²) in [4.78, 5) is 35.2. The van der Waals surface area contributed by atoms with E-state index in [4.69, 9.17) is 9.47 Å². The highest BCUT2D eigenvalue weighted by atomic mass is 19.4. The molecule has 1 aromatic rings. The highest BCUT2D eigenvalue weighted by Crippen LogP contribution is 2.31. The summed E-state index contributed by atoms with van der Waals surface area (Å²) in [6, 6.07) is -1.95.